The Morgan fingerprint density at radius 1 is 0.900 bits per heavy atom. The van der Waals surface area contributed by atoms with Crippen molar-refractivity contribution in [1.82, 2.24) is 4.98 Å². The summed E-state index contributed by atoms with van der Waals surface area (Å²) >= 11 is 11.9. The molecule has 0 radical (unpaired) electrons. The normalized spacial score (nSPS) is 10.7. The van der Waals surface area contributed by atoms with E-state index in [0.717, 1.165) is 11.1 Å². The minimum Gasteiger partial charge on any atom is -0.487 e. The molecule has 0 saturated carbocycles. The summed E-state index contributed by atoms with van der Waals surface area (Å²) in [6.45, 7) is 0.289. The number of nitrogens with zero attached hydrogens (tertiary/aromatic N) is 1. The van der Waals surface area contributed by atoms with Crippen LogP contribution in [0.4, 0.5) is 0 Å². The lowest BCUT2D eigenvalue weighted by molar-refractivity contribution is 0.302. The van der Waals surface area contributed by atoms with Gasteiger partial charge in [-0.3, -0.25) is 0 Å². The molecule has 1 heterocycles. The van der Waals surface area contributed by atoms with E-state index in [2.05, 4.69) is 11.1 Å². The van der Waals surface area contributed by atoms with Gasteiger partial charge in [-0.05, 0) is 35.0 Å². The standard InChI is InChI=1S/C16H11Cl2NO/c17-14-7-8-16(18)19-15(14)10-20-13-6-5-11-3-1-2-4-12(11)9-13/h1-9H,10H2. The fourth-order valence-corrected chi connectivity index (χ4v) is 2.29. The van der Waals surface area contributed by atoms with Gasteiger partial charge in [0.15, 0.2) is 0 Å². The van der Waals surface area contributed by atoms with Crippen molar-refractivity contribution in [2.45, 2.75) is 6.61 Å². The zero-order valence-corrected chi connectivity index (χ0v) is 12.0. The lowest BCUT2D eigenvalue weighted by Gasteiger charge is -2.08. The topological polar surface area (TPSA) is 22.1 Å². The summed E-state index contributed by atoms with van der Waals surface area (Å²) in [6.07, 6.45) is 0. The summed E-state index contributed by atoms with van der Waals surface area (Å²) in [5.74, 6) is 0.779. The number of fused-ring (bicyclic) bond motifs is 1. The van der Waals surface area contributed by atoms with Crippen LogP contribution < -0.4 is 4.74 Å². The van der Waals surface area contributed by atoms with Gasteiger partial charge in [0.2, 0.25) is 0 Å². The second kappa shape index (κ2) is 5.70. The van der Waals surface area contributed by atoms with Crippen LogP contribution in [0.3, 0.4) is 0 Å². The molecule has 0 atom stereocenters. The first-order valence-corrected chi connectivity index (χ1v) is 6.90. The maximum atomic E-state index is 6.06. The highest BCUT2D eigenvalue weighted by Crippen LogP contribution is 2.23. The van der Waals surface area contributed by atoms with Gasteiger partial charge in [0.1, 0.15) is 17.5 Å². The molecule has 0 fully saturated rings. The average Bonchev–Trinajstić information content (AvgIpc) is 2.48. The Bertz CT molecular complexity index is 758. The van der Waals surface area contributed by atoms with Gasteiger partial charge in [-0.2, -0.15) is 0 Å². The Labute approximate surface area is 126 Å². The zero-order chi connectivity index (χ0) is 13.9. The molecule has 0 unspecified atom stereocenters. The molecule has 0 amide bonds. The molecular formula is C16H11Cl2NO. The van der Waals surface area contributed by atoms with Gasteiger partial charge >= 0.3 is 0 Å². The molecule has 3 aromatic rings. The summed E-state index contributed by atoms with van der Waals surface area (Å²) in [7, 11) is 0. The second-order valence-corrected chi connectivity index (χ2v) is 5.15. The minimum absolute atomic E-state index is 0.289. The molecule has 3 rings (SSSR count). The number of hydrogen-bond acceptors (Lipinski definition) is 2. The summed E-state index contributed by atoms with van der Waals surface area (Å²) in [5.41, 5.74) is 0.632. The number of ether oxygens (including phenoxy) is 1. The van der Waals surface area contributed by atoms with E-state index in [1.165, 1.54) is 5.39 Å². The van der Waals surface area contributed by atoms with E-state index < -0.39 is 0 Å². The fraction of sp³-hybridized carbons (Fsp3) is 0.0625. The predicted molar refractivity (Wildman–Crippen MR) is 82.5 cm³/mol. The van der Waals surface area contributed by atoms with Gasteiger partial charge in [-0.15, -0.1) is 0 Å². The number of pyridine rings is 1. The Balaban J connectivity index is 1.81. The number of aromatic nitrogens is 1. The van der Waals surface area contributed by atoms with E-state index in [1.807, 2.05) is 36.4 Å². The van der Waals surface area contributed by atoms with Gasteiger partial charge in [0.25, 0.3) is 0 Å². The third kappa shape index (κ3) is 2.87. The number of halogens is 2. The molecule has 100 valence electrons. The smallest absolute Gasteiger partial charge is 0.132 e. The molecule has 0 N–H and O–H groups in total. The zero-order valence-electron chi connectivity index (χ0n) is 10.5. The van der Waals surface area contributed by atoms with Gasteiger partial charge in [-0.25, -0.2) is 4.98 Å². The van der Waals surface area contributed by atoms with Crippen LogP contribution >= 0.6 is 23.2 Å². The first-order chi connectivity index (χ1) is 9.72. The molecule has 0 bridgehead atoms. The summed E-state index contributed by atoms with van der Waals surface area (Å²) in [5, 5.41) is 3.27. The fourth-order valence-electron chi connectivity index (χ4n) is 1.97. The number of benzene rings is 2. The molecule has 2 nitrogen and oxygen atoms in total. The van der Waals surface area contributed by atoms with Gasteiger partial charge < -0.3 is 4.74 Å². The highest BCUT2D eigenvalue weighted by molar-refractivity contribution is 6.32. The third-order valence-electron chi connectivity index (χ3n) is 2.98. The van der Waals surface area contributed by atoms with E-state index in [0.29, 0.717) is 15.9 Å². The molecule has 1 aromatic heterocycles. The van der Waals surface area contributed by atoms with Crippen molar-refractivity contribution < 1.29 is 4.74 Å². The maximum absolute atomic E-state index is 6.06. The van der Waals surface area contributed by atoms with Gasteiger partial charge in [0, 0.05) is 0 Å². The van der Waals surface area contributed by atoms with Crippen molar-refractivity contribution in [3.05, 3.63) is 70.5 Å². The molecular weight excluding hydrogens is 293 g/mol. The van der Waals surface area contributed by atoms with Crippen molar-refractivity contribution in [2.75, 3.05) is 0 Å². The van der Waals surface area contributed by atoms with Gasteiger partial charge in [-0.1, -0.05) is 53.5 Å². The van der Waals surface area contributed by atoms with Crippen LogP contribution in [0.2, 0.25) is 10.2 Å². The SMILES string of the molecule is Clc1ccc(Cl)c(COc2ccc3ccccc3c2)n1. The third-order valence-corrected chi connectivity index (χ3v) is 3.54. The van der Waals surface area contributed by atoms with E-state index in [-0.39, 0.29) is 6.61 Å². The summed E-state index contributed by atoms with van der Waals surface area (Å²) in [6, 6.07) is 17.5. The lowest BCUT2D eigenvalue weighted by Crippen LogP contribution is -1.99. The molecule has 2 aromatic carbocycles. The van der Waals surface area contributed by atoms with Crippen LogP contribution in [-0.2, 0) is 6.61 Å². The number of hydrogen-bond donors (Lipinski definition) is 0. The minimum atomic E-state index is 0.289. The molecule has 0 aliphatic rings. The molecule has 0 aliphatic heterocycles. The molecule has 4 heteroatoms. The molecule has 0 saturated heterocycles. The first-order valence-electron chi connectivity index (χ1n) is 6.15. The van der Waals surface area contributed by atoms with Crippen LogP contribution in [0.1, 0.15) is 5.69 Å². The highest BCUT2D eigenvalue weighted by Gasteiger charge is 2.05. The van der Waals surface area contributed by atoms with Crippen LogP contribution in [-0.4, -0.2) is 4.98 Å². The summed E-state index contributed by atoms with van der Waals surface area (Å²) in [4.78, 5) is 4.16. The lowest BCUT2D eigenvalue weighted by atomic mass is 10.1. The average molecular weight is 304 g/mol. The van der Waals surface area contributed by atoms with E-state index in [9.17, 15) is 0 Å². The van der Waals surface area contributed by atoms with Gasteiger partial charge in [0.05, 0.1) is 10.7 Å². The highest BCUT2D eigenvalue weighted by atomic mass is 35.5. The van der Waals surface area contributed by atoms with Crippen molar-refractivity contribution in [3.63, 3.8) is 0 Å². The monoisotopic (exact) mass is 303 g/mol. The van der Waals surface area contributed by atoms with Crippen LogP contribution in [0.5, 0.6) is 5.75 Å². The van der Waals surface area contributed by atoms with E-state index in [4.69, 9.17) is 27.9 Å². The van der Waals surface area contributed by atoms with E-state index in [1.54, 1.807) is 12.1 Å². The van der Waals surface area contributed by atoms with Crippen molar-refractivity contribution in [1.29, 1.82) is 0 Å². The summed E-state index contributed by atoms with van der Waals surface area (Å²) < 4.78 is 5.73. The molecule has 0 aliphatic carbocycles. The second-order valence-electron chi connectivity index (χ2n) is 4.36. The quantitative estimate of drug-likeness (QED) is 0.626. The molecule has 20 heavy (non-hydrogen) atoms. The van der Waals surface area contributed by atoms with Crippen LogP contribution in [0.25, 0.3) is 10.8 Å². The van der Waals surface area contributed by atoms with Crippen molar-refractivity contribution in [3.8, 4) is 5.75 Å². The van der Waals surface area contributed by atoms with Crippen molar-refractivity contribution in [2.24, 2.45) is 0 Å². The Morgan fingerprint density at radius 2 is 1.70 bits per heavy atom. The van der Waals surface area contributed by atoms with E-state index >= 15 is 0 Å². The van der Waals surface area contributed by atoms with Crippen LogP contribution in [0, 0.1) is 0 Å². The maximum Gasteiger partial charge on any atom is 0.132 e. The van der Waals surface area contributed by atoms with Crippen LogP contribution in [0.15, 0.2) is 54.6 Å². The molecule has 0 spiro atoms. The number of rotatable bonds is 3. The predicted octanol–water partition coefficient (Wildman–Crippen LogP) is 5.12. The Morgan fingerprint density at radius 3 is 2.55 bits per heavy atom. The Hall–Kier alpha value is -1.77. The first kappa shape index (κ1) is 13.2. The Kier molecular flexibility index (Phi) is 3.77. The van der Waals surface area contributed by atoms with Crippen molar-refractivity contribution >= 4 is 34.0 Å². The largest absolute Gasteiger partial charge is 0.487 e.